The number of carbonyl (C=O) groups excluding carboxylic acids is 2. The van der Waals surface area contributed by atoms with Crippen molar-refractivity contribution in [3.05, 3.63) is 53.1 Å². The Bertz CT molecular complexity index is 930. The lowest BCUT2D eigenvalue weighted by Crippen LogP contribution is -2.36. The molecule has 1 aromatic heterocycles. The van der Waals surface area contributed by atoms with E-state index in [1.165, 1.54) is 0 Å². The van der Waals surface area contributed by atoms with E-state index in [0.29, 0.717) is 25.3 Å². The molecule has 29 heavy (non-hydrogen) atoms. The predicted molar refractivity (Wildman–Crippen MR) is 107 cm³/mol. The van der Waals surface area contributed by atoms with Crippen molar-refractivity contribution in [2.24, 2.45) is 0 Å². The van der Waals surface area contributed by atoms with Gasteiger partial charge in [0, 0.05) is 50.3 Å². The van der Waals surface area contributed by atoms with E-state index < -0.39 is 0 Å². The fourth-order valence-electron chi connectivity index (χ4n) is 4.21. The van der Waals surface area contributed by atoms with Crippen LogP contribution >= 0.6 is 0 Å². The summed E-state index contributed by atoms with van der Waals surface area (Å²) in [5.41, 5.74) is 2.89. The average molecular weight is 394 g/mol. The minimum absolute atomic E-state index is 0.0704. The Labute approximate surface area is 170 Å². The van der Waals surface area contributed by atoms with E-state index in [1.807, 2.05) is 40.3 Å². The number of benzene rings is 1. The largest absolute Gasteiger partial charge is 0.496 e. The highest BCUT2D eigenvalue weighted by molar-refractivity contribution is 5.80. The van der Waals surface area contributed by atoms with E-state index in [2.05, 4.69) is 4.98 Å². The van der Waals surface area contributed by atoms with Gasteiger partial charge in [-0.3, -0.25) is 9.59 Å². The van der Waals surface area contributed by atoms with Crippen molar-refractivity contribution >= 4 is 11.8 Å². The van der Waals surface area contributed by atoms with Gasteiger partial charge in [0.2, 0.25) is 11.8 Å². The highest BCUT2D eigenvalue weighted by atomic mass is 16.5. The summed E-state index contributed by atoms with van der Waals surface area (Å²) < 4.78 is 5.38. The van der Waals surface area contributed by atoms with E-state index >= 15 is 0 Å². The van der Waals surface area contributed by atoms with Crippen LogP contribution in [0.4, 0.5) is 0 Å². The molecule has 1 atom stereocenters. The molecule has 0 spiro atoms. The van der Waals surface area contributed by atoms with Gasteiger partial charge in [-0.25, -0.2) is 9.97 Å². The zero-order valence-electron chi connectivity index (χ0n) is 16.9. The second-order valence-corrected chi connectivity index (χ2v) is 7.62. The standard InChI is InChI=1S/C22H26N4O3/c1-15(27)25-11-9-18-17(14-25)13-23-22(24-18)19-7-5-10-26(19)21(28)12-16-6-3-4-8-20(16)29-2/h3-4,6,8,13,19H,5,7,9-12,14H2,1-2H3. The normalized spacial score (nSPS) is 18.5. The van der Waals surface area contributed by atoms with Crippen molar-refractivity contribution in [2.75, 3.05) is 20.2 Å². The predicted octanol–water partition coefficient (Wildman–Crippen LogP) is 2.30. The first kappa shape index (κ1) is 19.4. The van der Waals surface area contributed by atoms with Crippen LogP contribution in [0.2, 0.25) is 0 Å². The fourth-order valence-corrected chi connectivity index (χ4v) is 4.21. The van der Waals surface area contributed by atoms with Crippen LogP contribution < -0.4 is 4.74 Å². The molecular formula is C22H26N4O3. The Kier molecular flexibility index (Phi) is 5.47. The van der Waals surface area contributed by atoms with Gasteiger partial charge in [-0.15, -0.1) is 0 Å². The fraction of sp³-hybridized carbons (Fsp3) is 0.455. The molecule has 2 amide bonds. The van der Waals surface area contributed by atoms with Crippen LogP contribution in [0.15, 0.2) is 30.5 Å². The summed E-state index contributed by atoms with van der Waals surface area (Å²) >= 11 is 0. The number of nitrogens with zero attached hydrogens (tertiary/aromatic N) is 4. The minimum atomic E-state index is -0.0895. The van der Waals surface area contributed by atoms with E-state index in [-0.39, 0.29) is 17.9 Å². The molecule has 0 aliphatic carbocycles. The molecule has 0 saturated carbocycles. The second kappa shape index (κ2) is 8.19. The van der Waals surface area contributed by atoms with Gasteiger partial charge in [0.25, 0.3) is 0 Å². The number of hydrogen-bond acceptors (Lipinski definition) is 5. The number of carbonyl (C=O) groups is 2. The third-order valence-electron chi connectivity index (χ3n) is 5.80. The summed E-state index contributed by atoms with van der Waals surface area (Å²) in [5.74, 6) is 1.59. The number of para-hydroxylation sites is 1. The molecule has 1 fully saturated rings. The van der Waals surface area contributed by atoms with E-state index in [1.54, 1.807) is 14.0 Å². The van der Waals surface area contributed by atoms with Crippen LogP contribution in [0.3, 0.4) is 0 Å². The molecular weight excluding hydrogens is 368 g/mol. The molecule has 1 aromatic carbocycles. The lowest BCUT2D eigenvalue weighted by Gasteiger charge is -2.29. The topological polar surface area (TPSA) is 75.6 Å². The van der Waals surface area contributed by atoms with Crippen molar-refractivity contribution in [2.45, 2.75) is 45.2 Å². The first-order valence-corrected chi connectivity index (χ1v) is 10.1. The second-order valence-electron chi connectivity index (χ2n) is 7.62. The number of fused-ring (bicyclic) bond motifs is 1. The molecule has 7 heteroatoms. The summed E-state index contributed by atoms with van der Waals surface area (Å²) in [5, 5.41) is 0. The monoisotopic (exact) mass is 394 g/mol. The Morgan fingerprint density at radius 3 is 2.86 bits per heavy atom. The molecule has 0 radical (unpaired) electrons. The van der Waals surface area contributed by atoms with Crippen LogP contribution in [0, 0.1) is 0 Å². The van der Waals surface area contributed by atoms with Gasteiger partial charge < -0.3 is 14.5 Å². The van der Waals surface area contributed by atoms with Crippen molar-refractivity contribution < 1.29 is 14.3 Å². The van der Waals surface area contributed by atoms with Gasteiger partial charge in [-0.1, -0.05) is 18.2 Å². The van der Waals surface area contributed by atoms with Gasteiger partial charge in [0.15, 0.2) is 5.82 Å². The van der Waals surface area contributed by atoms with E-state index in [0.717, 1.165) is 48.4 Å². The van der Waals surface area contributed by atoms with Crippen molar-refractivity contribution in [1.82, 2.24) is 19.8 Å². The van der Waals surface area contributed by atoms with Crippen LogP contribution in [-0.4, -0.2) is 51.8 Å². The van der Waals surface area contributed by atoms with Gasteiger partial charge in [0.1, 0.15) is 5.75 Å². The number of likely N-dealkylation sites (tertiary alicyclic amines) is 1. The molecule has 2 aliphatic heterocycles. The molecule has 2 aromatic rings. The third kappa shape index (κ3) is 3.95. The van der Waals surface area contributed by atoms with Gasteiger partial charge in [-0.05, 0) is 18.9 Å². The van der Waals surface area contributed by atoms with Gasteiger partial charge in [0.05, 0.1) is 25.3 Å². The lowest BCUT2D eigenvalue weighted by atomic mass is 10.1. The number of amides is 2. The van der Waals surface area contributed by atoms with Crippen molar-refractivity contribution in [1.29, 1.82) is 0 Å². The Hall–Kier alpha value is -2.96. The minimum Gasteiger partial charge on any atom is -0.496 e. The van der Waals surface area contributed by atoms with E-state index in [9.17, 15) is 9.59 Å². The molecule has 1 unspecified atom stereocenters. The van der Waals surface area contributed by atoms with Crippen LogP contribution in [0.1, 0.15) is 48.5 Å². The molecule has 7 nitrogen and oxygen atoms in total. The summed E-state index contributed by atoms with van der Waals surface area (Å²) in [6.45, 7) is 3.55. The molecule has 4 rings (SSSR count). The smallest absolute Gasteiger partial charge is 0.227 e. The van der Waals surface area contributed by atoms with Crippen LogP contribution in [0.5, 0.6) is 5.75 Å². The molecule has 0 bridgehead atoms. The van der Waals surface area contributed by atoms with Gasteiger partial charge in [-0.2, -0.15) is 0 Å². The summed E-state index contributed by atoms with van der Waals surface area (Å²) in [7, 11) is 1.62. The zero-order valence-corrected chi connectivity index (χ0v) is 16.9. The highest BCUT2D eigenvalue weighted by Crippen LogP contribution is 2.32. The first-order chi connectivity index (χ1) is 14.1. The SMILES string of the molecule is COc1ccccc1CC(=O)N1CCCC1c1ncc2c(n1)CCN(C(C)=O)C2. The van der Waals surface area contributed by atoms with Crippen molar-refractivity contribution in [3.63, 3.8) is 0 Å². The first-order valence-electron chi connectivity index (χ1n) is 10.1. The molecule has 2 aliphatic rings. The van der Waals surface area contributed by atoms with Crippen molar-refractivity contribution in [3.8, 4) is 5.75 Å². The maximum Gasteiger partial charge on any atom is 0.227 e. The van der Waals surface area contributed by atoms with Crippen LogP contribution in [0.25, 0.3) is 0 Å². The number of hydrogen-bond donors (Lipinski definition) is 0. The summed E-state index contributed by atoms with van der Waals surface area (Å²) in [4.78, 5) is 37.8. The number of methoxy groups -OCH3 is 1. The Balaban J connectivity index is 1.51. The summed E-state index contributed by atoms with van der Waals surface area (Å²) in [6.07, 6.45) is 4.68. The maximum absolute atomic E-state index is 13.0. The molecule has 1 saturated heterocycles. The molecule has 152 valence electrons. The quantitative estimate of drug-likeness (QED) is 0.795. The van der Waals surface area contributed by atoms with Gasteiger partial charge >= 0.3 is 0 Å². The zero-order chi connectivity index (χ0) is 20.4. The summed E-state index contributed by atoms with van der Waals surface area (Å²) in [6, 6.07) is 7.54. The molecule has 0 N–H and O–H groups in total. The third-order valence-corrected chi connectivity index (χ3v) is 5.80. The average Bonchev–Trinajstić information content (AvgIpc) is 3.23. The number of aromatic nitrogens is 2. The highest BCUT2D eigenvalue weighted by Gasteiger charge is 2.33. The Morgan fingerprint density at radius 2 is 2.07 bits per heavy atom. The maximum atomic E-state index is 13.0. The lowest BCUT2D eigenvalue weighted by molar-refractivity contribution is -0.132. The number of rotatable bonds is 4. The number of ether oxygens (including phenoxy) is 1. The van der Waals surface area contributed by atoms with Crippen LogP contribution in [-0.2, 0) is 29.0 Å². The molecule has 3 heterocycles. The Morgan fingerprint density at radius 1 is 1.24 bits per heavy atom. The van der Waals surface area contributed by atoms with E-state index in [4.69, 9.17) is 9.72 Å².